The van der Waals surface area contributed by atoms with Crippen LogP contribution in [-0.4, -0.2) is 121 Å². The van der Waals surface area contributed by atoms with Crippen molar-refractivity contribution >= 4 is 11.9 Å². The number of piperidine rings is 2. The number of rotatable bonds is 6. The number of carbonyl (C=O) groups excluding carboxylic acids is 2. The van der Waals surface area contributed by atoms with Gasteiger partial charge in [0.25, 0.3) is 0 Å². The molecule has 2 heterocycles. The minimum absolute atomic E-state index is 0.0288. The number of aliphatic hydroxyl groups excluding tert-OH is 4. The minimum atomic E-state index is -2.01. The maximum atomic E-state index is 13.4. The fourth-order valence-corrected chi connectivity index (χ4v) is 11.5. The molecule has 12 heteroatoms. The average molecular weight is 706 g/mol. The Morgan fingerprint density at radius 2 is 1.60 bits per heavy atom. The smallest absolute Gasteiger partial charge is 0.333 e. The van der Waals surface area contributed by atoms with Gasteiger partial charge in [-0.15, -0.1) is 0 Å². The van der Waals surface area contributed by atoms with Crippen LogP contribution in [0.2, 0.25) is 0 Å². The monoisotopic (exact) mass is 705 g/mol. The molecular formula is C38H59NO11. The Bertz CT molecular complexity index is 1390. The SMILES string of the molecule is C/C=C(/C)C(=O)O[C@H]1CC[C@@]2(C)C(C[C@@H](OC(C)=O)C3[C@@]4(O)C(C[C@@]32O)C2CN3C[C@@H](C)CCC3[C@@H](O)C2[C@@H](O)[C@@H]4OC(O)/C(C)=C\C)[C@H]1O. The minimum Gasteiger partial charge on any atom is -0.462 e. The summed E-state index contributed by atoms with van der Waals surface area (Å²) in [5.41, 5.74) is -3.94. The van der Waals surface area contributed by atoms with Gasteiger partial charge in [0, 0.05) is 48.9 Å². The molecule has 6 N–H and O–H groups in total. The quantitative estimate of drug-likeness (QED) is 0.102. The van der Waals surface area contributed by atoms with Crippen LogP contribution in [0.4, 0.5) is 0 Å². The van der Waals surface area contributed by atoms with Gasteiger partial charge >= 0.3 is 11.9 Å². The molecule has 282 valence electrons. The third-order valence-corrected chi connectivity index (χ3v) is 14.4. The number of aliphatic hydroxyl groups is 6. The van der Waals surface area contributed by atoms with E-state index in [9.17, 15) is 40.2 Å². The Labute approximate surface area is 295 Å². The van der Waals surface area contributed by atoms with Gasteiger partial charge in [-0.1, -0.05) is 26.0 Å². The summed E-state index contributed by atoms with van der Waals surface area (Å²) < 4.78 is 18.0. The molecule has 2 saturated heterocycles. The summed E-state index contributed by atoms with van der Waals surface area (Å²) in [4.78, 5) is 27.7. The third-order valence-electron chi connectivity index (χ3n) is 14.4. The molecule has 0 spiro atoms. The Morgan fingerprint density at radius 1 is 0.900 bits per heavy atom. The highest BCUT2D eigenvalue weighted by Crippen LogP contribution is 2.70. The number of carbonyl (C=O) groups is 2. The first kappa shape index (κ1) is 37.8. The van der Waals surface area contributed by atoms with Crippen LogP contribution in [0, 0.1) is 40.9 Å². The zero-order valence-electron chi connectivity index (χ0n) is 30.6. The molecule has 50 heavy (non-hydrogen) atoms. The van der Waals surface area contributed by atoms with E-state index in [1.165, 1.54) is 6.92 Å². The van der Waals surface area contributed by atoms with Gasteiger partial charge in [0.15, 0.2) is 6.29 Å². The number of hydrogen-bond donors (Lipinski definition) is 6. The number of nitrogens with zero attached hydrogens (tertiary/aromatic N) is 1. The van der Waals surface area contributed by atoms with Gasteiger partial charge in [-0.3, -0.25) is 9.69 Å². The highest BCUT2D eigenvalue weighted by Gasteiger charge is 2.80. The number of fused-ring (bicyclic) bond motifs is 8. The molecule has 6 fully saturated rings. The van der Waals surface area contributed by atoms with Crippen molar-refractivity contribution in [1.82, 2.24) is 4.90 Å². The molecule has 12 nitrogen and oxygen atoms in total. The number of esters is 2. The van der Waals surface area contributed by atoms with Gasteiger partial charge in [-0.2, -0.15) is 0 Å². The second-order valence-electron chi connectivity index (χ2n) is 16.8. The van der Waals surface area contributed by atoms with E-state index in [-0.39, 0.29) is 25.3 Å². The van der Waals surface area contributed by atoms with E-state index in [0.717, 1.165) is 19.4 Å². The lowest BCUT2D eigenvalue weighted by Gasteiger charge is -2.63. The maximum Gasteiger partial charge on any atom is 0.333 e. The molecule has 17 atom stereocenters. The summed E-state index contributed by atoms with van der Waals surface area (Å²) in [7, 11) is 0. The standard InChI is InChI=1S/C38H59NO11/c1-8-19(4)34(44)49-26-12-13-36(7)23(29(26)41)14-27(48-21(6)40)32-37(36,46)15-24-22-17-39-16-18(3)10-11-25(39)30(42)28(22)31(43)33(38(24,32)47)50-35(45)20(5)9-2/h8-9,18,22-33,35,41-43,45-47H,10-17H2,1-7H3/b19-8-,20-9-/t18-,22?,23?,24?,25?,26-,27+,28?,29+,30+,31+,32?,33-,35?,36-,37+,38-/m0/s1. The number of allylic oxidation sites excluding steroid dienone is 2. The van der Waals surface area contributed by atoms with Crippen molar-refractivity contribution in [2.45, 2.75) is 147 Å². The van der Waals surface area contributed by atoms with E-state index in [0.29, 0.717) is 30.0 Å². The molecule has 0 bridgehead atoms. The van der Waals surface area contributed by atoms with E-state index in [4.69, 9.17) is 14.2 Å². The summed E-state index contributed by atoms with van der Waals surface area (Å²) in [5.74, 6) is -4.55. The van der Waals surface area contributed by atoms with Gasteiger partial charge < -0.3 is 44.8 Å². The van der Waals surface area contributed by atoms with Gasteiger partial charge in [0.2, 0.25) is 0 Å². The maximum absolute atomic E-state index is 13.4. The summed E-state index contributed by atoms with van der Waals surface area (Å²) in [6.07, 6.45) is -2.78. The molecule has 0 radical (unpaired) electrons. The Kier molecular flexibility index (Phi) is 10.2. The van der Waals surface area contributed by atoms with E-state index in [1.54, 1.807) is 39.8 Å². The van der Waals surface area contributed by atoms with Crippen molar-refractivity contribution in [3.8, 4) is 0 Å². The predicted octanol–water partition coefficient (Wildman–Crippen LogP) is 1.83. The fraction of sp³-hybridized carbons (Fsp3) is 0.842. The Hall–Kier alpha value is -1.90. The molecule has 2 aliphatic heterocycles. The fourth-order valence-electron chi connectivity index (χ4n) is 11.5. The van der Waals surface area contributed by atoms with Crippen molar-refractivity contribution in [3.05, 3.63) is 23.3 Å². The molecule has 4 saturated carbocycles. The van der Waals surface area contributed by atoms with E-state index < -0.39 is 101 Å². The van der Waals surface area contributed by atoms with Crippen molar-refractivity contribution in [2.75, 3.05) is 13.1 Å². The summed E-state index contributed by atoms with van der Waals surface area (Å²) >= 11 is 0. The van der Waals surface area contributed by atoms with E-state index in [2.05, 4.69) is 11.8 Å². The van der Waals surface area contributed by atoms with Crippen LogP contribution in [0.25, 0.3) is 0 Å². The van der Waals surface area contributed by atoms with Crippen LogP contribution in [-0.2, 0) is 23.8 Å². The van der Waals surface area contributed by atoms with Crippen LogP contribution < -0.4 is 0 Å². The van der Waals surface area contributed by atoms with Crippen LogP contribution in [0.15, 0.2) is 23.3 Å². The normalized spacial score (nSPS) is 49.8. The van der Waals surface area contributed by atoms with Gasteiger partial charge in [0.05, 0.1) is 29.8 Å². The summed E-state index contributed by atoms with van der Waals surface area (Å²) in [5, 5.41) is 74.0. The van der Waals surface area contributed by atoms with Crippen molar-refractivity contribution in [1.29, 1.82) is 0 Å². The van der Waals surface area contributed by atoms with Crippen LogP contribution >= 0.6 is 0 Å². The second kappa shape index (κ2) is 13.5. The van der Waals surface area contributed by atoms with Crippen molar-refractivity contribution in [2.24, 2.45) is 40.9 Å². The first-order chi connectivity index (χ1) is 23.4. The third kappa shape index (κ3) is 5.63. The Morgan fingerprint density at radius 3 is 2.24 bits per heavy atom. The summed E-state index contributed by atoms with van der Waals surface area (Å²) in [6, 6.07) is -0.182. The van der Waals surface area contributed by atoms with Gasteiger partial charge in [0.1, 0.15) is 23.9 Å². The van der Waals surface area contributed by atoms with Crippen molar-refractivity contribution < 1.29 is 54.4 Å². The first-order valence-electron chi connectivity index (χ1n) is 18.6. The molecule has 0 amide bonds. The Balaban J connectivity index is 1.46. The molecule has 6 aliphatic rings. The highest BCUT2D eigenvalue weighted by molar-refractivity contribution is 5.87. The zero-order valence-corrected chi connectivity index (χ0v) is 30.6. The molecular weight excluding hydrogens is 646 g/mol. The largest absolute Gasteiger partial charge is 0.462 e. The molecule has 4 aliphatic carbocycles. The lowest BCUT2D eigenvalue weighted by molar-refractivity contribution is -0.316. The lowest BCUT2D eigenvalue weighted by atomic mass is 9.47. The van der Waals surface area contributed by atoms with Crippen LogP contribution in [0.3, 0.4) is 0 Å². The second-order valence-corrected chi connectivity index (χ2v) is 16.8. The lowest BCUT2D eigenvalue weighted by Crippen LogP contribution is -2.76. The highest BCUT2D eigenvalue weighted by atomic mass is 16.6. The number of hydrogen-bond acceptors (Lipinski definition) is 12. The first-order valence-corrected chi connectivity index (χ1v) is 18.6. The predicted molar refractivity (Wildman–Crippen MR) is 181 cm³/mol. The average Bonchev–Trinajstić information content (AvgIpc) is 3.33. The van der Waals surface area contributed by atoms with Crippen molar-refractivity contribution in [3.63, 3.8) is 0 Å². The zero-order chi connectivity index (χ0) is 36.7. The van der Waals surface area contributed by atoms with Crippen LogP contribution in [0.5, 0.6) is 0 Å². The summed E-state index contributed by atoms with van der Waals surface area (Å²) in [6.45, 7) is 13.3. The van der Waals surface area contributed by atoms with E-state index >= 15 is 0 Å². The molecule has 6 rings (SSSR count). The molecule has 7 unspecified atom stereocenters. The van der Waals surface area contributed by atoms with E-state index in [1.807, 2.05) is 6.92 Å². The number of ether oxygens (including phenoxy) is 3. The van der Waals surface area contributed by atoms with Gasteiger partial charge in [-0.05, 0) is 89.5 Å². The van der Waals surface area contributed by atoms with Gasteiger partial charge in [-0.25, -0.2) is 4.79 Å². The van der Waals surface area contributed by atoms with Crippen LogP contribution in [0.1, 0.15) is 87.0 Å². The molecule has 0 aromatic heterocycles. The molecule has 0 aromatic carbocycles. The topological polar surface area (TPSA) is 186 Å². The molecule has 0 aromatic rings.